The van der Waals surface area contributed by atoms with Gasteiger partial charge in [0.15, 0.2) is 5.78 Å². The molecule has 1 N–H and O–H groups in total. The Balaban J connectivity index is 2.09. The van der Waals surface area contributed by atoms with Gasteiger partial charge in [0.2, 0.25) is 0 Å². The molecular formula is C13H18N2O3. The molecule has 1 aromatic rings. The maximum Gasteiger partial charge on any atom is 0.352 e. The highest BCUT2D eigenvalue weighted by Gasteiger charge is 2.26. The van der Waals surface area contributed by atoms with E-state index in [4.69, 9.17) is 5.11 Å². The lowest BCUT2D eigenvalue weighted by atomic mass is 10.2. The number of carboxylic acid groups (broad SMARTS) is 1. The van der Waals surface area contributed by atoms with E-state index in [1.165, 1.54) is 25.8 Å². The largest absolute Gasteiger partial charge is 0.477 e. The Morgan fingerprint density at radius 3 is 2.67 bits per heavy atom. The normalized spacial score (nSPS) is 15.1. The lowest BCUT2D eigenvalue weighted by molar-refractivity contribution is 0.0684. The minimum Gasteiger partial charge on any atom is -0.477 e. The van der Waals surface area contributed by atoms with E-state index in [0.717, 1.165) is 6.54 Å². The summed E-state index contributed by atoms with van der Waals surface area (Å²) in [6, 6.07) is 2.10. The average Bonchev–Trinajstić information content (AvgIpc) is 3.05. The van der Waals surface area contributed by atoms with E-state index in [9.17, 15) is 9.59 Å². The van der Waals surface area contributed by atoms with Crippen molar-refractivity contribution in [2.24, 2.45) is 0 Å². The second-order valence-corrected chi connectivity index (χ2v) is 4.88. The average molecular weight is 250 g/mol. The molecule has 0 radical (unpaired) electrons. The number of Topliss-reactive ketones (excluding diaryl/α,β-unsaturated/α-hetero) is 1. The zero-order valence-corrected chi connectivity index (χ0v) is 10.7. The smallest absolute Gasteiger partial charge is 0.352 e. The number of likely N-dealkylation sites (N-methyl/N-ethyl adjacent to an activating group) is 1. The highest BCUT2D eigenvalue weighted by molar-refractivity contribution is 5.97. The molecule has 18 heavy (non-hydrogen) atoms. The van der Waals surface area contributed by atoms with E-state index in [2.05, 4.69) is 4.90 Å². The standard InChI is InChI=1S/C13H18N2O3/c1-9(16)10-7-12(13(17)18)15(8-10)6-5-14(2)11-3-4-11/h7-8,11H,3-6H2,1-2H3,(H,17,18). The van der Waals surface area contributed by atoms with Crippen molar-refractivity contribution in [3.63, 3.8) is 0 Å². The molecule has 0 aromatic carbocycles. The third kappa shape index (κ3) is 2.79. The van der Waals surface area contributed by atoms with Crippen LogP contribution in [0.5, 0.6) is 0 Å². The van der Waals surface area contributed by atoms with Crippen molar-refractivity contribution in [1.29, 1.82) is 0 Å². The van der Waals surface area contributed by atoms with Crippen LogP contribution in [0.4, 0.5) is 0 Å². The number of carboxylic acids is 1. The van der Waals surface area contributed by atoms with Crippen LogP contribution < -0.4 is 0 Å². The number of aromatic nitrogens is 1. The number of hydrogen-bond acceptors (Lipinski definition) is 3. The number of hydrogen-bond donors (Lipinski definition) is 1. The number of carbonyl (C=O) groups excluding carboxylic acids is 1. The van der Waals surface area contributed by atoms with E-state index in [0.29, 0.717) is 18.2 Å². The van der Waals surface area contributed by atoms with Crippen LogP contribution in [-0.4, -0.2) is 46.0 Å². The molecule has 5 heteroatoms. The topological polar surface area (TPSA) is 62.5 Å². The van der Waals surface area contributed by atoms with Gasteiger partial charge in [0.1, 0.15) is 5.69 Å². The fourth-order valence-electron chi connectivity index (χ4n) is 2.03. The Labute approximate surface area is 106 Å². The summed E-state index contributed by atoms with van der Waals surface area (Å²) in [4.78, 5) is 24.6. The zero-order chi connectivity index (χ0) is 13.3. The summed E-state index contributed by atoms with van der Waals surface area (Å²) in [7, 11) is 2.05. The summed E-state index contributed by atoms with van der Waals surface area (Å²) < 4.78 is 1.65. The summed E-state index contributed by atoms with van der Waals surface area (Å²) in [6.45, 7) is 2.85. The summed E-state index contributed by atoms with van der Waals surface area (Å²) >= 11 is 0. The maximum absolute atomic E-state index is 11.3. The summed E-state index contributed by atoms with van der Waals surface area (Å²) in [6.07, 6.45) is 4.09. The molecule has 0 amide bonds. The summed E-state index contributed by atoms with van der Waals surface area (Å²) in [5.74, 6) is -1.09. The van der Waals surface area contributed by atoms with E-state index in [1.54, 1.807) is 10.8 Å². The van der Waals surface area contributed by atoms with Crippen LogP contribution in [-0.2, 0) is 6.54 Å². The van der Waals surface area contributed by atoms with Crippen LogP contribution >= 0.6 is 0 Å². The van der Waals surface area contributed by atoms with Gasteiger partial charge >= 0.3 is 5.97 Å². The van der Waals surface area contributed by atoms with Gasteiger partial charge in [0, 0.05) is 30.9 Å². The first kappa shape index (κ1) is 12.8. The Bertz CT molecular complexity index is 475. The van der Waals surface area contributed by atoms with Crippen molar-refractivity contribution in [3.05, 3.63) is 23.5 Å². The lowest BCUT2D eigenvalue weighted by Crippen LogP contribution is -2.26. The highest BCUT2D eigenvalue weighted by Crippen LogP contribution is 2.25. The molecular weight excluding hydrogens is 232 g/mol. The molecule has 0 unspecified atom stereocenters. The molecule has 1 heterocycles. The van der Waals surface area contributed by atoms with Gasteiger partial charge in [-0.15, -0.1) is 0 Å². The van der Waals surface area contributed by atoms with Gasteiger partial charge in [0.25, 0.3) is 0 Å². The van der Waals surface area contributed by atoms with Gasteiger partial charge in [-0.2, -0.15) is 0 Å². The zero-order valence-electron chi connectivity index (χ0n) is 10.7. The van der Waals surface area contributed by atoms with Crippen molar-refractivity contribution in [1.82, 2.24) is 9.47 Å². The molecule has 1 aliphatic carbocycles. The van der Waals surface area contributed by atoms with Gasteiger partial charge in [0.05, 0.1) is 0 Å². The van der Waals surface area contributed by atoms with Crippen LogP contribution in [0.15, 0.2) is 12.3 Å². The molecule has 0 spiro atoms. The van der Waals surface area contributed by atoms with Crippen molar-refractivity contribution in [2.45, 2.75) is 32.4 Å². The second kappa shape index (κ2) is 4.94. The SMILES string of the molecule is CC(=O)c1cc(C(=O)O)n(CCN(C)C2CC2)c1. The fraction of sp³-hybridized carbons (Fsp3) is 0.538. The van der Waals surface area contributed by atoms with E-state index < -0.39 is 5.97 Å². The Hall–Kier alpha value is -1.62. The molecule has 0 saturated heterocycles. The summed E-state index contributed by atoms with van der Waals surface area (Å²) in [5, 5.41) is 9.10. The number of nitrogens with zero attached hydrogens (tertiary/aromatic N) is 2. The molecule has 0 bridgehead atoms. The number of aromatic carboxylic acids is 1. The lowest BCUT2D eigenvalue weighted by Gasteiger charge is -2.16. The second-order valence-electron chi connectivity index (χ2n) is 4.88. The van der Waals surface area contributed by atoms with Gasteiger partial charge < -0.3 is 14.6 Å². The number of rotatable bonds is 6. The first-order valence-electron chi connectivity index (χ1n) is 6.13. The summed E-state index contributed by atoms with van der Waals surface area (Å²) in [5.41, 5.74) is 0.644. The number of ketones is 1. The Kier molecular flexibility index (Phi) is 3.52. The third-order valence-corrected chi connectivity index (χ3v) is 3.39. The molecule has 98 valence electrons. The van der Waals surface area contributed by atoms with E-state index in [1.807, 2.05) is 7.05 Å². The molecule has 1 fully saturated rings. The minimum atomic E-state index is -0.989. The van der Waals surface area contributed by atoms with Crippen LogP contribution in [0.1, 0.15) is 40.6 Å². The molecule has 1 aromatic heterocycles. The third-order valence-electron chi connectivity index (χ3n) is 3.39. The predicted octanol–water partition coefficient (Wildman–Crippen LogP) is 1.48. The van der Waals surface area contributed by atoms with Gasteiger partial charge in [-0.3, -0.25) is 4.79 Å². The van der Waals surface area contributed by atoms with Crippen LogP contribution in [0.25, 0.3) is 0 Å². The molecule has 1 aliphatic rings. The van der Waals surface area contributed by atoms with E-state index in [-0.39, 0.29) is 11.5 Å². The van der Waals surface area contributed by atoms with Crippen LogP contribution in [0, 0.1) is 0 Å². The first-order valence-corrected chi connectivity index (χ1v) is 6.13. The molecule has 0 aliphatic heterocycles. The van der Waals surface area contributed by atoms with Crippen molar-refractivity contribution < 1.29 is 14.7 Å². The Morgan fingerprint density at radius 1 is 1.50 bits per heavy atom. The maximum atomic E-state index is 11.3. The van der Waals surface area contributed by atoms with Gasteiger partial charge in [-0.25, -0.2) is 4.79 Å². The molecule has 2 rings (SSSR count). The monoisotopic (exact) mass is 250 g/mol. The Morgan fingerprint density at radius 2 is 2.17 bits per heavy atom. The molecule has 5 nitrogen and oxygen atoms in total. The molecule has 0 atom stereocenters. The first-order chi connectivity index (χ1) is 8.49. The van der Waals surface area contributed by atoms with Crippen molar-refractivity contribution in [2.75, 3.05) is 13.6 Å². The minimum absolute atomic E-state index is 0.105. The highest BCUT2D eigenvalue weighted by atomic mass is 16.4. The fourth-order valence-corrected chi connectivity index (χ4v) is 2.03. The van der Waals surface area contributed by atoms with Crippen LogP contribution in [0.2, 0.25) is 0 Å². The van der Waals surface area contributed by atoms with Gasteiger partial charge in [-0.05, 0) is 32.9 Å². The van der Waals surface area contributed by atoms with Gasteiger partial charge in [-0.1, -0.05) is 0 Å². The quantitative estimate of drug-likeness (QED) is 0.777. The van der Waals surface area contributed by atoms with E-state index >= 15 is 0 Å². The molecule has 1 saturated carbocycles. The number of carbonyl (C=O) groups is 2. The predicted molar refractivity (Wildman–Crippen MR) is 67.0 cm³/mol. The van der Waals surface area contributed by atoms with Crippen LogP contribution in [0.3, 0.4) is 0 Å². The van der Waals surface area contributed by atoms with Crippen molar-refractivity contribution in [3.8, 4) is 0 Å². The van der Waals surface area contributed by atoms with Crippen molar-refractivity contribution >= 4 is 11.8 Å².